The molecule has 2 atom stereocenters. The summed E-state index contributed by atoms with van der Waals surface area (Å²) in [6.45, 7) is 14.5. The van der Waals surface area contributed by atoms with Gasteiger partial charge in [0.2, 0.25) is 5.91 Å². The molecular weight excluding hydrogens is 260 g/mol. The Labute approximate surface area is 129 Å². The van der Waals surface area contributed by atoms with Crippen LogP contribution < -0.4 is 11.1 Å². The Kier molecular flexibility index (Phi) is 5.21. The maximum atomic E-state index is 12.2. The molecule has 1 rings (SSSR count). The predicted octanol–water partition coefficient (Wildman–Crippen LogP) is 3.53. The molecular formula is C18H30N2O. The van der Waals surface area contributed by atoms with Gasteiger partial charge in [0.05, 0.1) is 12.1 Å². The molecule has 0 spiro atoms. The number of carbonyl (C=O) groups excluding carboxylic acids is 1. The van der Waals surface area contributed by atoms with Crippen molar-refractivity contribution in [2.75, 3.05) is 0 Å². The van der Waals surface area contributed by atoms with Crippen molar-refractivity contribution in [3.63, 3.8) is 0 Å². The SMILES string of the molecule is CC(NC(=O)[C@H](N)C(C)(C)C)c1ccc(C(C)(C)C)cc1. The molecule has 0 saturated carbocycles. The summed E-state index contributed by atoms with van der Waals surface area (Å²) in [7, 11) is 0. The lowest BCUT2D eigenvalue weighted by Crippen LogP contribution is -2.49. The maximum Gasteiger partial charge on any atom is 0.237 e. The molecule has 1 amide bonds. The monoisotopic (exact) mass is 290 g/mol. The third-order valence-corrected chi connectivity index (χ3v) is 3.85. The maximum absolute atomic E-state index is 12.2. The largest absolute Gasteiger partial charge is 0.348 e. The lowest BCUT2D eigenvalue weighted by Gasteiger charge is -2.27. The number of benzene rings is 1. The molecule has 0 fully saturated rings. The molecule has 0 aromatic heterocycles. The van der Waals surface area contributed by atoms with Crippen LogP contribution in [0.4, 0.5) is 0 Å². The zero-order valence-corrected chi connectivity index (χ0v) is 14.4. The molecule has 3 heteroatoms. The molecule has 0 saturated heterocycles. The number of hydrogen-bond donors (Lipinski definition) is 2. The van der Waals surface area contributed by atoms with Crippen molar-refractivity contribution in [3.05, 3.63) is 35.4 Å². The lowest BCUT2D eigenvalue weighted by molar-refractivity contribution is -0.125. The van der Waals surface area contributed by atoms with E-state index in [4.69, 9.17) is 5.73 Å². The number of amides is 1. The highest BCUT2D eigenvalue weighted by Crippen LogP contribution is 2.24. The molecule has 118 valence electrons. The minimum absolute atomic E-state index is 0.0417. The van der Waals surface area contributed by atoms with Gasteiger partial charge in [0.15, 0.2) is 0 Å². The first-order chi connectivity index (χ1) is 9.43. The van der Waals surface area contributed by atoms with E-state index in [2.05, 4.69) is 50.4 Å². The molecule has 0 aliphatic carbocycles. The summed E-state index contributed by atoms with van der Waals surface area (Å²) in [5.41, 5.74) is 8.28. The standard InChI is InChI=1S/C18H30N2O/c1-12(20-16(21)15(19)18(5,6)7)13-8-10-14(11-9-13)17(2,3)4/h8-12,15H,19H2,1-7H3,(H,20,21)/t12?,15-/m0/s1. The van der Waals surface area contributed by atoms with Crippen LogP contribution >= 0.6 is 0 Å². The van der Waals surface area contributed by atoms with Crippen LogP contribution in [0.2, 0.25) is 0 Å². The molecule has 3 N–H and O–H groups in total. The fraction of sp³-hybridized carbons (Fsp3) is 0.611. The van der Waals surface area contributed by atoms with Crippen molar-refractivity contribution in [2.45, 2.75) is 66.0 Å². The van der Waals surface area contributed by atoms with E-state index in [0.29, 0.717) is 0 Å². The lowest BCUT2D eigenvalue weighted by atomic mass is 9.86. The van der Waals surface area contributed by atoms with Crippen LogP contribution in [0, 0.1) is 5.41 Å². The number of rotatable bonds is 3. The molecule has 0 aliphatic heterocycles. The van der Waals surface area contributed by atoms with E-state index in [1.807, 2.05) is 27.7 Å². The van der Waals surface area contributed by atoms with E-state index < -0.39 is 6.04 Å². The van der Waals surface area contributed by atoms with E-state index in [9.17, 15) is 4.79 Å². The Morgan fingerprint density at radius 3 is 1.90 bits per heavy atom. The summed E-state index contributed by atoms with van der Waals surface area (Å²) < 4.78 is 0. The van der Waals surface area contributed by atoms with Crippen LogP contribution in [0.15, 0.2) is 24.3 Å². The summed E-state index contributed by atoms with van der Waals surface area (Å²) in [6, 6.07) is 7.86. The zero-order chi connectivity index (χ0) is 16.4. The average molecular weight is 290 g/mol. The highest BCUT2D eigenvalue weighted by atomic mass is 16.2. The first kappa shape index (κ1) is 17.7. The van der Waals surface area contributed by atoms with E-state index in [1.54, 1.807) is 0 Å². The van der Waals surface area contributed by atoms with Crippen molar-refractivity contribution in [2.24, 2.45) is 11.1 Å². The van der Waals surface area contributed by atoms with E-state index in [0.717, 1.165) is 5.56 Å². The van der Waals surface area contributed by atoms with Gasteiger partial charge in [-0.3, -0.25) is 4.79 Å². The van der Waals surface area contributed by atoms with Gasteiger partial charge in [0, 0.05) is 0 Å². The Hall–Kier alpha value is -1.35. The van der Waals surface area contributed by atoms with Gasteiger partial charge in [-0.05, 0) is 28.9 Å². The van der Waals surface area contributed by atoms with Crippen LogP contribution in [-0.2, 0) is 10.2 Å². The van der Waals surface area contributed by atoms with Crippen molar-refractivity contribution >= 4 is 5.91 Å². The van der Waals surface area contributed by atoms with Gasteiger partial charge < -0.3 is 11.1 Å². The molecule has 0 bridgehead atoms. The van der Waals surface area contributed by atoms with Crippen molar-refractivity contribution in [1.82, 2.24) is 5.32 Å². The molecule has 0 radical (unpaired) electrons. The second-order valence-electron chi connectivity index (χ2n) is 7.95. The van der Waals surface area contributed by atoms with Gasteiger partial charge in [-0.1, -0.05) is 65.8 Å². The van der Waals surface area contributed by atoms with E-state index >= 15 is 0 Å². The third kappa shape index (κ3) is 4.85. The van der Waals surface area contributed by atoms with Crippen molar-refractivity contribution in [1.29, 1.82) is 0 Å². The second-order valence-corrected chi connectivity index (χ2v) is 7.95. The molecule has 1 aromatic carbocycles. The fourth-order valence-corrected chi connectivity index (χ4v) is 2.05. The summed E-state index contributed by atoms with van der Waals surface area (Å²) in [5, 5.41) is 3.00. The Bertz CT molecular complexity index is 477. The average Bonchev–Trinajstić information content (AvgIpc) is 2.35. The topological polar surface area (TPSA) is 55.1 Å². The first-order valence-corrected chi connectivity index (χ1v) is 7.59. The first-order valence-electron chi connectivity index (χ1n) is 7.59. The summed E-state index contributed by atoms with van der Waals surface area (Å²) in [6.07, 6.45) is 0. The molecule has 0 heterocycles. The normalized spacial score (nSPS) is 15.4. The highest BCUT2D eigenvalue weighted by Gasteiger charge is 2.28. The van der Waals surface area contributed by atoms with Crippen LogP contribution in [0.1, 0.15) is 65.6 Å². The third-order valence-electron chi connectivity index (χ3n) is 3.85. The second kappa shape index (κ2) is 6.18. The summed E-state index contributed by atoms with van der Waals surface area (Å²) >= 11 is 0. The van der Waals surface area contributed by atoms with Gasteiger partial charge in [-0.25, -0.2) is 0 Å². The number of nitrogens with one attached hydrogen (secondary N) is 1. The van der Waals surface area contributed by atoms with Crippen LogP contribution in [0.3, 0.4) is 0 Å². The highest BCUT2D eigenvalue weighted by molar-refractivity contribution is 5.82. The molecule has 1 aromatic rings. The van der Waals surface area contributed by atoms with Crippen molar-refractivity contribution in [3.8, 4) is 0 Å². The number of nitrogens with two attached hydrogens (primary N) is 1. The quantitative estimate of drug-likeness (QED) is 0.894. The minimum atomic E-state index is -0.506. The molecule has 21 heavy (non-hydrogen) atoms. The fourth-order valence-electron chi connectivity index (χ4n) is 2.05. The van der Waals surface area contributed by atoms with Gasteiger partial charge in [0.1, 0.15) is 0 Å². The van der Waals surface area contributed by atoms with Crippen molar-refractivity contribution < 1.29 is 4.79 Å². The minimum Gasteiger partial charge on any atom is -0.348 e. The van der Waals surface area contributed by atoms with E-state index in [-0.39, 0.29) is 22.8 Å². The Balaban J connectivity index is 2.77. The van der Waals surface area contributed by atoms with Crippen LogP contribution in [-0.4, -0.2) is 11.9 Å². The summed E-state index contributed by atoms with van der Waals surface area (Å²) in [5.74, 6) is -0.102. The molecule has 0 aliphatic rings. The van der Waals surface area contributed by atoms with Gasteiger partial charge in [-0.2, -0.15) is 0 Å². The smallest absolute Gasteiger partial charge is 0.237 e. The number of hydrogen-bond acceptors (Lipinski definition) is 2. The predicted molar refractivity (Wildman–Crippen MR) is 89.1 cm³/mol. The molecule has 1 unspecified atom stereocenters. The van der Waals surface area contributed by atoms with Gasteiger partial charge in [0.25, 0.3) is 0 Å². The molecule has 3 nitrogen and oxygen atoms in total. The Morgan fingerprint density at radius 2 is 1.52 bits per heavy atom. The zero-order valence-electron chi connectivity index (χ0n) is 14.4. The van der Waals surface area contributed by atoms with Gasteiger partial charge in [-0.15, -0.1) is 0 Å². The van der Waals surface area contributed by atoms with Crippen LogP contribution in [0.5, 0.6) is 0 Å². The van der Waals surface area contributed by atoms with Crippen LogP contribution in [0.25, 0.3) is 0 Å². The summed E-state index contributed by atoms with van der Waals surface area (Å²) in [4.78, 5) is 12.2. The van der Waals surface area contributed by atoms with E-state index in [1.165, 1.54) is 5.56 Å². The number of carbonyl (C=O) groups is 1. The van der Waals surface area contributed by atoms with Gasteiger partial charge >= 0.3 is 0 Å². The Morgan fingerprint density at radius 1 is 1.05 bits per heavy atom.